The third-order valence-corrected chi connectivity index (χ3v) is 5.97. The Hall–Kier alpha value is -3.84. The molecule has 7 heteroatoms. The van der Waals surface area contributed by atoms with Crippen LogP contribution in [0, 0.1) is 0 Å². The largest absolute Gasteiger partial charge is 0.508 e. The number of pyridine rings is 1. The Morgan fingerprint density at radius 3 is 2.38 bits per heavy atom. The molecule has 1 saturated heterocycles. The van der Waals surface area contributed by atoms with E-state index < -0.39 is 0 Å². The predicted molar refractivity (Wildman–Crippen MR) is 128 cm³/mol. The average Bonchev–Trinajstić information content (AvgIpc) is 3.44. The van der Waals surface area contributed by atoms with Crippen LogP contribution in [-0.4, -0.2) is 26.9 Å². The lowest BCUT2D eigenvalue weighted by Crippen LogP contribution is -2.30. The lowest BCUT2D eigenvalue weighted by molar-refractivity contribution is 0.414. The van der Waals surface area contributed by atoms with Crippen LogP contribution in [-0.2, 0) is 0 Å². The lowest BCUT2D eigenvalue weighted by Gasteiger charge is -2.29. The van der Waals surface area contributed by atoms with Crippen molar-refractivity contribution in [3.05, 3.63) is 103 Å². The van der Waals surface area contributed by atoms with Crippen molar-refractivity contribution in [1.82, 2.24) is 14.9 Å². The highest BCUT2D eigenvalue weighted by Gasteiger charge is 2.42. The number of aromatic hydroxyl groups is 1. The summed E-state index contributed by atoms with van der Waals surface area (Å²) in [6, 6.07) is 24.8. The predicted octanol–water partition coefficient (Wildman–Crippen LogP) is 4.76. The number of phenols is 1. The number of hydrogen-bond donors (Lipinski definition) is 2. The topological polar surface area (TPSA) is 62.5 Å². The van der Waals surface area contributed by atoms with Gasteiger partial charge in [-0.05, 0) is 85.0 Å². The number of ether oxygens (including phenoxy) is 1. The van der Waals surface area contributed by atoms with E-state index in [0.29, 0.717) is 5.11 Å². The van der Waals surface area contributed by atoms with Gasteiger partial charge in [-0.3, -0.25) is 4.98 Å². The quantitative estimate of drug-likeness (QED) is 0.435. The Kier molecular flexibility index (Phi) is 5.25. The van der Waals surface area contributed by atoms with Gasteiger partial charge < -0.3 is 24.6 Å². The van der Waals surface area contributed by atoms with Crippen molar-refractivity contribution in [3.8, 4) is 17.2 Å². The van der Waals surface area contributed by atoms with Crippen LogP contribution >= 0.6 is 12.2 Å². The zero-order chi connectivity index (χ0) is 22.1. The van der Waals surface area contributed by atoms with E-state index in [4.69, 9.17) is 17.0 Å². The van der Waals surface area contributed by atoms with E-state index in [1.807, 2.05) is 66.9 Å². The maximum absolute atomic E-state index is 9.79. The SMILES string of the molecule is COc1ccc(-n2cccc2[C@H]2[C@@H](c3ccccn3)NC(=S)N2c2ccc(O)cc2)cc1. The third kappa shape index (κ3) is 3.56. The van der Waals surface area contributed by atoms with E-state index in [9.17, 15) is 5.11 Å². The van der Waals surface area contributed by atoms with Gasteiger partial charge in [0.15, 0.2) is 5.11 Å². The van der Waals surface area contributed by atoms with Crippen LogP contribution in [0.25, 0.3) is 5.69 Å². The molecule has 5 rings (SSSR count). The summed E-state index contributed by atoms with van der Waals surface area (Å²) in [5.74, 6) is 1.02. The fourth-order valence-electron chi connectivity index (χ4n) is 4.16. The van der Waals surface area contributed by atoms with Gasteiger partial charge in [0.25, 0.3) is 0 Å². The Morgan fingerprint density at radius 1 is 0.938 bits per heavy atom. The highest BCUT2D eigenvalue weighted by atomic mass is 32.1. The maximum atomic E-state index is 9.79. The van der Waals surface area contributed by atoms with Gasteiger partial charge in [0.05, 0.1) is 18.8 Å². The number of thiocarbonyl (C=S) groups is 1. The zero-order valence-corrected chi connectivity index (χ0v) is 18.2. The number of nitrogens with one attached hydrogen (secondary N) is 1. The number of anilines is 1. The molecule has 1 aliphatic rings. The molecular weight excluding hydrogens is 420 g/mol. The molecular formula is C25H22N4O2S. The Bertz CT molecular complexity index is 1220. The van der Waals surface area contributed by atoms with E-state index in [1.165, 1.54) is 0 Å². The summed E-state index contributed by atoms with van der Waals surface area (Å²) in [6.45, 7) is 0. The second kappa shape index (κ2) is 8.36. The van der Waals surface area contributed by atoms with E-state index in [2.05, 4.69) is 25.8 Å². The van der Waals surface area contributed by atoms with Gasteiger partial charge >= 0.3 is 0 Å². The molecule has 160 valence electrons. The molecule has 0 amide bonds. The second-order valence-corrected chi connectivity index (χ2v) is 7.90. The Labute approximate surface area is 191 Å². The molecule has 0 saturated carbocycles. The Balaban J connectivity index is 1.64. The molecule has 1 fully saturated rings. The van der Waals surface area contributed by atoms with Gasteiger partial charge in [0.1, 0.15) is 17.5 Å². The van der Waals surface area contributed by atoms with Crippen LogP contribution in [0.4, 0.5) is 5.69 Å². The van der Waals surface area contributed by atoms with Crippen molar-refractivity contribution in [3.63, 3.8) is 0 Å². The first-order valence-corrected chi connectivity index (χ1v) is 10.7. The zero-order valence-electron chi connectivity index (χ0n) is 17.4. The minimum absolute atomic E-state index is 0.149. The first-order valence-electron chi connectivity index (χ1n) is 10.3. The monoisotopic (exact) mass is 442 g/mol. The maximum Gasteiger partial charge on any atom is 0.174 e. The number of rotatable bonds is 5. The fourth-order valence-corrected chi connectivity index (χ4v) is 4.51. The fraction of sp³-hybridized carbons (Fsp3) is 0.120. The molecule has 6 nitrogen and oxygen atoms in total. The molecule has 2 N–H and O–H groups in total. The lowest BCUT2D eigenvalue weighted by atomic mass is 10.0. The third-order valence-electron chi connectivity index (χ3n) is 5.66. The van der Waals surface area contributed by atoms with Crippen LogP contribution in [0.1, 0.15) is 23.5 Å². The van der Waals surface area contributed by atoms with Gasteiger partial charge in [-0.2, -0.15) is 0 Å². The summed E-state index contributed by atoms with van der Waals surface area (Å²) in [6.07, 6.45) is 3.84. The molecule has 3 heterocycles. The van der Waals surface area contributed by atoms with Crippen molar-refractivity contribution < 1.29 is 9.84 Å². The van der Waals surface area contributed by atoms with Crippen LogP contribution in [0.2, 0.25) is 0 Å². The standard InChI is InChI=1S/C25H22N4O2S/c1-31-20-13-9-17(10-14-20)28-16-4-6-22(28)24-23(21-5-2-3-15-26-21)27-25(32)29(24)18-7-11-19(30)12-8-18/h2-16,23-24,30H,1H3,(H,27,32)/t23-,24+/m1/s1. The number of aromatic nitrogens is 2. The summed E-state index contributed by atoms with van der Waals surface area (Å²) in [5, 5.41) is 13.9. The minimum Gasteiger partial charge on any atom is -0.508 e. The molecule has 2 aromatic carbocycles. The van der Waals surface area contributed by atoms with Gasteiger partial charge in [-0.25, -0.2) is 0 Å². The number of phenolic OH excluding ortho intramolecular Hbond substituents is 1. The minimum atomic E-state index is -0.154. The second-order valence-electron chi connectivity index (χ2n) is 7.51. The molecule has 0 aliphatic carbocycles. The molecule has 0 radical (unpaired) electrons. The molecule has 0 bridgehead atoms. The normalized spacial score (nSPS) is 17.9. The van der Waals surface area contributed by atoms with Gasteiger partial charge in [0, 0.05) is 29.5 Å². The van der Waals surface area contributed by atoms with Crippen molar-refractivity contribution in [1.29, 1.82) is 0 Å². The van der Waals surface area contributed by atoms with Crippen LogP contribution in [0.3, 0.4) is 0 Å². The number of nitrogens with zero attached hydrogens (tertiary/aromatic N) is 3. The smallest absolute Gasteiger partial charge is 0.174 e. The van der Waals surface area contributed by atoms with Crippen LogP contribution < -0.4 is 15.0 Å². The first-order chi connectivity index (χ1) is 15.7. The van der Waals surface area contributed by atoms with E-state index in [1.54, 1.807) is 25.4 Å². The molecule has 1 aliphatic heterocycles. The van der Waals surface area contributed by atoms with E-state index in [0.717, 1.165) is 28.5 Å². The van der Waals surface area contributed by atoms with Crippen LogP contribution in [0.5, 0.6) is 11.5 Å². The summed E-state index contributed by atoms with van der Waals surface area (Å²) in [7, 11) is 1.66. The molecule has 0 unspecified atom stereocenters. The molecule has 2 atom stereocenters. The van der Waals surface area contributed by atoms with Crippen molar-refractivity contribution in [2.24, 2.45) is 0 Å². The average molecular weight is 443 g/mol. The summed E-state index contributed by atoms with van der Waals surface area (Å²) < 4.78 is 7.47. The number of methoxy groups -OCH3 is 1. The van der Waals surface area contributed by atoms with Crippen LogP contribution in [0.15, 0.2) is 91.3 Å². The number of hydrogen-bond acceptors (Lipinski definition) is 4. The number of benzene rings is 2. The molecule has 2 aromatic heterocycles. The molecule has 4 aromatic rings. The van der Waals surface area contributed by atoms with E-state index >= 15 is 0 Å². The molecule has 0 spiro atoms. The summed E-state index contributed by atoms with van der Waals surface area (Å²) >= 11 is 5.77. The van der Waals surface area contributed by atoms with E-state index in [-0.39, 0.29) is 17.8 Å². The van der Waals surface area contributed by atoms with Gasteiger partial charge in [-0.15, -0.1) is 0 Å². The van der Waals surface area contributed by atoms with Gasteiger partial charge in [0.2, 0.25) is 0 Å². The summed E-state index contributed by atoms with van der Waals surface area (Å²) in [5.41, 5.74) is 3.88. The van der Waals surface area contributed by atoms with Gasteiger partial charge in [-0.1, -0.05) is 6.07 Å². The highest BCUT2D eigenvalue weighted by Crippen LogP contribution is 2.42. The Morgan fingerprint density at radius 2 is 1.69 bits per heavy atom. The molecule has 32 heavy (non-hydrogen) atoms. The first kappa shape index (κ1) is 20.1. The van der Waals surface area contributed by atoms with Crippen molar-refractivity contribution in [2.45, 2.75) is 12.1 Å². The summed E-state index contributed by atoms with van der Waals surface area (Å²) in [4.78, 5) is 6.69. The van der Waals surface area contributed by atoms with Crippen molar-refractivity contribution >= 4 is 23.0 Å². The highest BCUT2D eigenvalue weighted by molar-refractivity contribution is 7.80. The van der Waals surface area contributed by atoms with Crippen molar-refractivity contribution in [2.75, 3.05) is 12.0 Å².